The molecule has 12 heteroatoms. The predicted octanol–water partition coefficient (Wildman–Crippen LogP) is 3.41. The number of anilines is 1. The highest BCUT2D eigenvalue weighted by Crippen LogP contribution is 2.50. The highest BCUT2D eigenvalue weighted by molar-refractivity contribution is 6.31. The summed E-state index contributed by atoms with van der Waals surface area (Å²) < 4.78 is 50.2. The number of hydrogen-bond donors (Lipinski definition) is 1. The van der Waals surface area contributed by atoms with Gasteiger partial charge < -0.3 is 14.5 Å². The molecule has 0 bridgehead atoms. The zero-order valence-electron chi connectivity index (χ0n) is 12.3. The molecule has 8 nitrogen and oxygen atoms in total. The van der Waals surface area contributed by atoms with Gasteiger partial charge in [-0.2, -0.15) is 13.2 Å². The second-order valence-electron chi connectivity index (χ2n) is 5.11. The first-order valence-electron chi connectivity index (χ1n) is 6.72. The van der Waals surface area contributed by atoms with Gasteiger partial charge in [0.15, 0.2) is 0 Å². The zero-order chi connectivity index (χ0) is 19.3. The quantitative estimate of drug-likeness (QED) is 0.488. The number of ether oxygens (including phenoxy) is 1. The molecule has 2 heterocycles. The van der Waals surface area contributed by atoms with Gasteiger partial charge in [0.25, 0.3) is 5.91 Å². The Labute approximate surface area is 146 Å². The van der Waals surface area contributed by atoms with Crippen molar-refractivity contribution in [1.29, 1.82) is 0 Å². The summed E-state index contributed by atoms with van der Waals surface area (Å²) in [6.07, 6.45) is -5.33. The van der Waals surface area contributed by atoms with E-state index in [4.69, 9.17) is 11.6 Å². The summed E-state index contributed by atoms with van der Waals surface area (Å²) in [5.41, 5.74) is -4.60. The monoisotopic (exact) mass is 390 g/mol. The van der Waals surface area contributed by atoms with Crippen LogP contribution in [0.1, 0.15) is 16.1 Å². The van der Waals surface area contributed by atoms with Crippen LogP contribution < -0.4 is 5.32 Å². The lowest BCUT2D eigenvalue weighted by molar-refractivity contribution is -0.402. The fourth-order valence-electron chi connectivity index (χ4n) is 2.43. The first-order chi connectivity index (χ1) is 12.1. The van der Waals surface area contributed by atoms with E-state index in [2.05, 4.69) is 9.15 Å². The Hall–Kier alpha value is -3.08. The average molecular weight is 391 g/mol. The second-order valence-corrected chi connectivity index (χ2v) is 5.54. The molecule has 1 aromatic heterocycles. The van der Waals surface area contributed by atoms with E-state index in [1.54, 1.807) is 0 Å². The van der Waals surface area contributed by atoms with Crippen molar-refractivity contribution < 1.29 is 36.8 Å². The standard InChI is InChI=1S/C14H6ClF3N2O6/c15-6-1-2-7-8(5-6)19-12(22)13(7,14(16,17)18)26-11(21)9-3-4-10(25-9)20(23)24/h1-5H,(H,19,22)/t13-/m1/s1. The first kappa shape index (κ1) is 17.7. The van der Waals surface area contributed by atoms with Gasteiger partial charge in [-0.1, -0.05) is 17.7 Å². The topological polar surface area (TPSA) is 112 Å². The van der Waals surface area contributed by atoms with Crippen LogP contribution in [-0.4, -0.2) is 23.0 Å². The van der Waals surface area contributed by atoms with E-state index in [-0.39, 0.29) is 10.7 Å². The Kier molecular flexibility index (Phi) is 3.91. The molecule has 0 saturated carbocycles. The maximum absolute atomic E-state index is 13.7. The van der Waals surface area contributed by atoms with Gasteiger partial charge in [-0.3, -0.25) is 14.9 Å². The summed E-state index contributed by atoms with van der Waals surface area (Å²) >= 11 is 5.69. The zero-order valence-corrected chi connectivity index (χ0v) is 13.1. The molecule has 3 rings (SSSR count). The Bertz CT molecular complexity index is 941. The molecule has 1 aliphatic heterocycles. The maximum Gasteiger partial charge on any atom is 0.442 e. The summed E-state index contributed by atoms with van der Waals surface area (Å²) in [7, 11) is 0. The Morgan fingerprint density at radius 2 is 2.00 bits per heavy atom. The van der Waals surface area contributed by atoms with E-state index < -0.39 is 45.8 Å². The number of benzene rings is 1. The second kappa shape index (κ2) is 5.73. The van der Waals surface area contributed by atoms with E-state index in [1.807, 2.05) is 5.32 Å². The van der Waals surface area contributed by atoms with Gasteiger partial charge in [0.2, 0.25) is 5.76 Å². The van der Waals surface area contributed by atoms with Crippen LogP contribution in [0.15, 0.2) is 34.7 Å². The van der Waals surface area contributed by atoms with Crippen molar-refractivity contribution >= 4 is 35.0 Å². The van der Waals surface area contributed by atoms with E-state index in [1.165, 1.54) is 0 Å². The van der Waals surface area contributed by atoms with Crippen LogP contribution in [-0.2, 0) is 15.1 Å². The van der Waals surface area contributed by atoms with E-state index in [9.17, 15) is 32.9 Å². The number of nitrogens with one attached hydrogen (secondary N) is 1. The number of fused-ring (bicyclic) bond motifs is 1. The molecule has 0 unspecified atom stereocenters. The summed E-state index contributed by atoms with van der Waals surface area (Å²) in [5, 5.41) is 12.6. The number of furan rings is 1. The Morgan fingerprint density at radius 1 is 1.31 bits per heavy atom. The van der Waals surface area contributed by atoms with Crippen molar-refractivity contribution in [3.63, 3.8) is 0 Å². The maximum atomic E-state index is 13.7. The van der Waals surface area contributed by atoms with Gasteiger partial charge in [-0.15, -0.1) is 0 Å². The number of hydrogen-bond acceptors (Lipinski definition) is 6. The number of nitrogens with zero attached hydrogens (tertiary/aromatic N) is 1. The lowest BCUT2D eigenvalue weighted by atomic mass is 9.94. The third-order valence-electron chi connectivity index (χ3n) is 3.55. The summed E-state index contributed by atoms with van der Waals surface area (Å²) in [5.74, 6) is -5.10. The smallest absolute Gasteiger partial charge is 0.428 e. The highest BCUT2D eigenvalue weighted by atomic mass is 35.5. The average Bonchev–Trinajstić information content (AvgIpc) is 3.10. The van der Waals surface area contributed by atoms with Gasteiger partial charge in [-0.25, -0.2) is 4.79 Å². The molecule has 0 fully saturated rings. The molecule has 0 saturated heterocycles. The van der Waals surface area contributed by atoms with Gasteiger partial charge >= 0.3 is 23.6 Å². The van der Waals surface area contributed by atoms with Crippen LogP contribution >= 0.6 is 11.6 Å². The van der Waals surface area contributed by atoms with Crippen molar-refractivity contribution in [3.8, 4) is 0 Å². The molecule has 0 spiro atoms. The number of alkyl halides is 3. The van der Waals surface area contributed by atoms with E-state index >= 15 is 0 Å². The number of nitro groups is 1. The molecule has 1 aromatic carbocycles. The summed E-state index contributed by atoms with van der Waals surface area (Å²) in [6.45, 7) is 0. The van der Waals surface area contributed by atoms with Crippen molar-refractivity contribution in [3.05, 3.63) is 56.8 Å². The molecular formula is C14H6ClF3N2O6. The number of halogens is 4. The molecule has 1 atom stereocenters. The van der Waals surface area contributed by atoms with Gasteiger partial charge in [0.1, 0.15) is 4.92 Å². The van der Waals surface area contributed by atoms with Crippen LogP contribution in [0, 0.1) is 10.1 Å². The minimum absolute atomic E-state index is 0.0509. The fraction of sp³-hybridized carbons (Fsp3) is 0.143. The predicted molar refractivity (Wildman–Crippen MR) is 78.6 cm³/mol. The third-order valence-corrected chi connectivity index (χ3v) is 3.78. The number of amides is 1. The molecule has 1 N–H and O–H groups in total. The molecule has 1 aliphatic rings. The van der Waals surface area contributed by atoms with Crippen LogP contribution in [0.5, 0.6) is 0 Å². The van der Waals surface area contributed by atoms with Crippen LogP contribution in [0.4, 0.5) is 24.7 Å². The Morgan fingerprint density at radius 3 is 2.58 bits per heavy atom. The van der Waals surface area contributed by atoms with Crippen molar-refractivity contribution in [2.75, 3.05) is 5.32 Å². The normalized spacial score (nSPS) is 19.0. The Balaban J connectivity index is 2.06. The molecule has 0 aliphatic carbocycles. The number of esters is 1. The number of carbonyl (C=O) groups excluding carboxylic acids is 2. The molecule has 0 radical (unpaired) electrons. The third kappa shape index (κ3) is 2.56. The van der Waals surface area contributed by atoms with Crippen LogP contribution in [0.3, 0.4) is 0 Å². The number of rotatable bonds is 3. The first-order valence-corrected chi connectivity index (χ1v) is 7.10. The molecule has 1 amide bonds. The van der Waals surface area contributed by atoms with Gasteiger partial charge in [0, 0.05) is 10.6 Å². The highest BCUT2D eigenvalue weighted by Gasteiger charge is 2.69. The molecule has 136 valence electrons. The van der Waals surface area contributed by atoms with E-state index in [0.717, 1.165) is 30.3 Å². The fourth-order valence-corrected chi connectivity index (χ4v) is 2.60. The van der Waals surface area contributed by atoms with Crippen molar-refractivity contribution in [2.24, 2.45) is 0 Å². The van der Waals surface area contributed by atoms with Gasteiger partial charge in [-0.05, 0) is 18.2 Å². The summed E-state index contributed by atoms with van der Waals surface area (Å²) in [4.78, 5) is 33.7. The molecule has 26 heavy (non-hydrogen) atoms. The molecular weight excluding hydrogens is 385 g/mol. The minimum Gasteiger partial charge on any atom is -0.428 e. The lowest BCUT2D eigenvalue weighted by Crippen LogP contribution is -2.51. The molecule has 2 aromatic rings. The minimum atomic E-state index is -5.33. The van der Waals surface area contributed by atoms with Crippen LogP contribution in [0.25, 0.3) is 0 Å². The largest absolute Gasteiger partial charge is 0.442 e. The van der Waals surface area contributed by atoms with Crippen molar-refractivity contribution in [2.45, 2.75) is 11.8 Å². The lowest BCUT2D eigenvalue weighted by Gasteiger charge is -2.29. The summed E-state index contributed by atoms with van der Waals surface area (Å²) in [6, 6.07) is 4.57. The number of carbonyl (C=O) groups is 2. The van der Waals surface area contributed by atoms with Gasteiger partial charge in [0.05, 0.1) is 11.8 Å². The SMILES string of the molecule is O=C(O[C@@]1(C(F)(F)F)C(=O)Nc2cc(Cl)ccc21)c1ccc([N+](=O)[O-])o1. The van der Waals surface area contributed by atoms with Crippen molar-refractivity contribution in [1.82, 2.24) is 0 Å². The van der Waals surface area contributed by atoms with E-state index in [0.29, 0.717) is 0 Å². The van der Waals surface area contributed by atoms with Crippen LogP contribution in [0.2, 0.25) is 5.02 Å².